The molecule has 126 valence electrons. The summed E-state index contributed by atoms with van der Waals surface area (Å²) in [6, 6.07) is 13.6. The number of hydrogen-bond acceptors (Lipinski definition) is 2. The van der Waals surface area contributed by atoms with Crippen LogP contribution in [0.5, 0.6) is 5.75 Å². The first-order valence-corrected chi connectivity index (χ1v) is 8.87. The van der Waals surface area contributed by atoms with Gasteiger partial charge in [-0.1, -0.05) is 18.2 Å². The van der Waals surface area contributed by atoms with Gasteiger partial charge in [-0.25, -0.2) is 4.39 Å². The van der Waals surface area contributed by atoms with Gasteiger partial charge >= 0.3 is 0 Å². The van der Waals surface area contributed by atoms with E-state index in [1.54, 1.807) is 13.2 Å². The molecule has 0 saturated carbocycles. The lowest BCUT2D eigenvalue weighted by molar-refractivity contribution is 0.309. The molecule has 2 unspecified atom stereocenters. The number of likely N-dealkylation sites (tertiary alicyclic amines) is 1. The van der Waals surface area contributed by atoms with Crippen molar-refractivity contribution in [2.45, 2.75) is 31.1 Å². The molecule has 2 aromatic rings. The minimum atomic E-state index is -0.121. The third-order valence-electron chi connectivity index (χ3n) is 5.62. The van der Waals surface area contributed by atoms with E-state index in [4.69, 9.17) is 4.74 Å². The highest BCUT2D eigenvalue weighted by Gasteiger charge is 2.29. The highest BCUT2D eigenvalue weighted by Crippen LogP contribution is 2.37. The van der Waals surface area contributed by atoms with Gasteiger partial charge in [0.2, 0.25) is 0 Å². The Morgan fingerprint density at radius 1 is 1.17 bits per heavy atom. The molecule has 1 aliphatic heterocycles. The van der Waals surface area contributed by atoms with Crippen LogP contribution in [0.4, 0.5) is 4.39 Å². The molecule has 0 amide bonds. The van der Waals surface area contributed by atoms with E-state index < -0.39 is 0 Å². The van der Waals surface area contributed by atoms with Crippen molar-refractivity contribution in [2.75, 3.05) is 26.7 Å². The van der Waals surface area contributed by atoms with Crippen LogP contribution in [0, 0.1) is 5.82 Å². The fourth-order valence-electron chi connectivity index (χ4n) is 4.34. The first-order chi connectivity index (χ1) is 11.7. The number of halogens is 1. The van der Waals surface area contributed by atoms with E-state index in [2.05, 4.69) is 29.2 Å². The minimum absolute atomic E-state index is 0.121. The van der Waals surface area contributed by atoms with Gasteiger partial charge in [0.05, 0.1) is 7.11 Å². The molecule has 0 radical (unpaired) electrons. The Morgan fingerprint density at radius 3 is 2.92 bits per heavy atom. The molecule has 2 atom stereocenters. The Morgan fingerprint density at radius 2 is 2.08 bits per heavy atom. The van der Waals surface area contributed by atoms with Crippen molar-refractivity contribution in [2.24, 2.45) is 0 Å². The molecule has 1 heterocycles. The number of fused-ring (bicyclic) bond motifs is 1. The van der Waals surface area contributed by atoms with Gasteiger partial charge in [0.25, 0.3) is 0 Å². The van der Waals surface area contributed by atoms with Gasteiger partial charge < -0.3 is 9.64 Å². The first kappa shape index (κ1) is 15.6. The summed E-state index contributed by atoms with van der Waals surface area (Å²) < 4.78 is 18.8. The number of ether oxygens (including phenoxy) is 1. The van der Waals surface area contributed by atoms with Crippen LogP contribution in [0.2, 0.25) is 0 Å². The van der Waals surface area contributed by atoms with E-state index >= 15 is 0 Å². The predicted octanol–water partition coefficient (Wildman–Crippen LogP) is 4.35. The molecule has 1 aliphatic carbocycles. The summed E-state index contributed by atoms with van der Waals surface area (Å²) in [6.45, 7) is 3.28. The molecule has 0 aromatic heterocycles. The van der Waals surface area contributed by atoms with Crippen molar-refractivity contribution in [1.82, 2.24) is 4.90 Å². The Bertz CT molecular complexity index is 730. The molecule has 0 spiro atoms. The van der Waals surface area contributed by atoms with E-state index in [-0.39, 0.29) is 5.82 Å². The highest BCUT2D eigenvalue weighted by atomic mass is 19.1. The molecule has 0 bridgehead atoms. The molecule has 2 aliphatic rings. The second-order valence-electron chi connectivity index (χ2n) is 7.10. The fraction of sp³-hybridized carbons (Fsp3) is 0.429. The van der Waals surface area contributed by atoms with Crippen molar-refractivity contribution in [3.8, 4) is 5.75 Å². The molecule has 2 aromatic carbocycles. The lowest BCUT2D eigenvalue weighted by Gasteiger charge is -2.21. The highest BCUT2D eigenvalue weighted by molar-refractivity contribution is 5.41. The number of aryl methyl sites for hydroxylation is 1. The monoisotopic (exact) mass is 325 g/mol. The maximum atomic E-state index is 13.4. The van der Waals surface area contributed by atoms with E-state index in [0.29, 0.717) is 11.8 Å². The maximum Gasteiger partial charge on any atom is 0.123 e. The lowest BCUT2D eigenvalue weighted by Crippen LogP contribution is -2.25. The van der Waals surface area contributed by atoms with Crippen molar-refractivity contribution in [1.29, 1.82) is 0 Å². The smallest absolute Gasteiger partial charge is 0.123 e. The summed E-state index contributed by atoms with van der Waals surface area (Å²) in [5.41, 5.74) is 4.08. The van der Waals surface area contributed by atoms with Crippen LogP contribution >= 0.6 is 0 Å². The Kier molecular flexibility index (Phi) is 4.28. The van der Waals surface area contributed by atoms with Gasteiger partial charge in [-0.2, -0.15) is 0 Å². The molecule has 3 heteroatoms. The van der Waals surface area contributed by atoms with Crippen molar-refractivity contribution in [3.63, 3.8) is 0 Å². The average Bonchev–Trinajstić information content (AvgIpc) is 3.22. The summed E-state index contributed by atoms with van der Waals surface area (Å²) in [4.78, 5) is 2.56. The lowest BCUT2D eigenvalue weighted by atomic mass is 9.98. The van der Waals surface area contributed by atoms with Crippen molar-refractivity contribution >= 4 is 0 Å². The molecule has 0 N–H and O–H groups in total. The van der Waals surface area contributed by atoms with Crippen LogP contribution < -0.4 is 4.74 Å². The summed E-state index contributed by atoms with van der Waals surface area (Å²) in [7, 11) is 1.73. The van der Waals surface area contributed by atoms with Crippen LogP contribution in [0.25, 0.3) is 0 Å². The van der Waals surface area contributed by atoms with E-state index in [9.17, 15) is 4.39 Å². The van der Waals surface area contributed by atoms with E-state index in [1.165, 1.54) is 23.6 Å². The second-order valence-corrected chi connectivity index (χ2v) is 7.10. The predicted molar refractivity (Wildman–Crippen MR) is 94.3 cm³/mol. The second kappa shape index (κ2) is 6.56. The third kappa shape index (κ3) is 3.05. The molecule has 1 saturated heterocycles. The molecular formula is C21H24FNO. The zero-order valence-corrected chi connectivity index (χ0v) is 14.2. The molecule has 2 nitrogen and oxygen atoms in total. The van der Waals surface area contributed by atoms with E-state index in [1.807, 2.05) is 6.07 Å². The molecule has 24 heavy (non-hydrogen) atoms. The molecular weight excluding hydrogens is 301 g/mol. The maximum absolute atomic E-state index is 13.4. The van der Waals surface area contributed by atoms with Gasteiger partial charge in [0, 0.05) is 13.1 Å². The standard InChI is InChI=1S/C21H24FNO/c1-24-20-7-8-21-16(12-20)5-6-18(21)14-23-10-9-17(13-23)15-3-2-4-19(22)11-15/h2-4,7-8,11-12,17-18H,5-6,9-10,13-14H2,1H3. The Hall–Kier alpha value is -1.87. The quantitative estimate of drug-likeness (QED) is 0.828. The van der Waals surface area contributed by atoms with Crippen molar-refractivity contribution < 1.29 is 9.13 Å². The number of methoxy groups -OCH3 is 1. The van der Waals surface area contributed by atoms with Crippen LogP contribution in [-0.2, 0) is 6.42 Å². The SMILES string of the molecule is COc1ccc2c(c1)CCC2CN1CCC(c2cccc(F)c2)C1. The van der Waals surface area contributed by atoms with Crippen LogP contribution in [0.1, 0.15) is 41.4 Å². The van der Waals surface area contributed by atoms with Gasteiger partial charge in [0.1, 0.15) is 11.6 Å². The van der Waals surface area contributed by atoms with Gasteiger partial charge in [0.15, 0.2) is 0 Å². The number of nitrogens with zero attached hydrogens (tertiary/aromatic N) is 1. The zero-order chi connectivity index (χ0) is 16.5. The summed E-state index contributed by atoms with van der Waals surface area (Å²) >= 11 is 0. The van der Waals surface area contributed by atoms with Crippen LogP contribution in [-0.4, -0.2) is 31.6 Å². The van der Waals surface area contributed by atoms with Gasteiger partial charge in [-0.3, -0.25) is 0 Å². The van der Waals surface area contributed by atoms with Crippen LogP contribution in [0.15, 0.2) is 42.5 Å². The third-order valence-corrected chi connectivity index (χ3v) is 5.62. The first-order valence-electron chi connectivity index (χ1n) is 8.87. The molecule has 1 fully saturated rings. The van der Waals surface area contributed by atoms with Gasteiger partial charge in [-0.05, 0) is 78.6 Å². The Balaban J connectivity index is 1.41. The summed E-state index contributed by atoms with van der Waals surface area (Å²) in [5.74, 6) is 1.93. The fourth-order valence-corrected chi connectivity index (χ4v) is 4.34. The minimum Gasteiger partial charge on any atom is -0.497 e. The topological polar surface area (TPSA) is 12.5 Å². The Labute approximate surface area is 143 Å². The van der Waals surface area contributed by atoms with Crippen molar-refractivity contribution in [3.05, 3.63) is 65.0 Å². The normalized spacial score (nSPS) is 23.4. The number of rotatable bonds is 4. The summed E-state index contributed by atoms with van der Waals surface area (Å²) in [5, 5.41) is 0. The van der Waals surface area contributed by atoms with Gasteiger partial charge in [-0.15, -0.1) is 0 Å². The summed E-state index contributed by atoms with van der Waals surface area (Å²) in [6.07, 6.45) is 3.51. The van der Waals surface area contributed by atoms with E-state index in [0.717, 1.165) is 43.8 Å². The molecule has 4 rings (SSSR count). The van der Waals surface area contributed by atoms with Crippen LogP contribution in [0.3, 0.4) is 0 Å². The number of benzene rings is 2. The largest absolute Gasteiger partial charge is 0.497 e. The average molecular weight is 325 g/mol. The number of hydrogen-bond donors (Lipinski definition) is 0. The zero-order valence-electron chi connectivity index (χ0n) is 14.2.